The summed E-state index contributed by atoms with van der Waals surface area (Å²) in [4.78, 5) is 25.0. The van der Waals surface area contributed by atoms with Crippen molar-refractivity contribution in [2.24, 2.45) is 0 Å². The van der Waals surface area contributed by atoms with Gasteiger partial charge in [-0.2, -0.15) is 13.2 Å². The van der Waals surface area contributed by atoms with Gasteiger partial charge in [0, 0.05) is 39.0 Å². The fourth-order valence-electron chi connectivity index (χ4n) is 3.37. The van der Waals surface area contributed by atoms with Gasteiger partial charge in [0.25, 0.3) is 0 Å². The highest BCUT2D eigenvalue weighted by Gasteiger charge is 2.38. The van der Waals surface area contributed by atoms with Gasteiger partial charge in [-0.05, 0) is 18.6 Å². The van der Waals surface area contributed by atoms with Gasteiger partial charge in [0.1, 0.15) is 11.6 Å². The molecule has 30 heavy (non-hydrogen) atoms. The summed E-state index contributed by atoms with van der Waals surface area (Å²) in [6.45, 7) is 5.00. The molecular weight excluding hydrogens is 407 g/mol. The number of furan rings is 1. The lowest BCUT2D eigenvalue weighted by Gasteiger charge is -2.18. The van der Waals surface area contributed by atoms with E-state index in [-0.39, 0.29) is 5.91 Å². The predicted octanol–water partition coefficient (Wildman–Crippen LogP) is 1.69. The second-order valence-corrected chi connectivity index (χ2v) is 7.01. The molecular formula is C18H22F3N5O4. The quantitative estimate of drug-likeness (QED) is 0.789. The van der Waals surface area contributed by atoms with Crippen molar-refractivity contribution in [3.63, 3.8) is 0 Å². The molecule has 1 N–H and O–H groups in total. The largest absolute Gasteiger partial charge is 0.490 e. The number of amides is 1. The maximum Gasteiger partial charge on any atom is 0.490 e. The molecule has 0 aromatic carbocycles. The molecule has 0 bridgehead atoms. The molecule has 12 heteroatoms. The van der Waals surface area contributed by atoms with Gasteiger partial charge in [0.15, 0.2) is 5.82 Å². The van der Waals surface area contributed by atoms with Gasteiger partial charge in [-0.15, -0.1) is 10.2 Å². The molecule has 0 saturated carbocycles. The van der Waals surface area contributed by atoms with Crippen molar-refractivity contribution in [2.45, 2.75) is 45.1 Å². The summed E-state index contributed by atoms with van der Waals surface area (Å²) in [6, 6.07) is 3.93. The van der Waals surface area contributed by atoms with E-state index in [1.807, 2.05) is 17.0 Å². The van der Waals surface area contributed by atoms with E-state index in [9.17, 15) is 18.0 Å². The van der Waals surface area contributed by atoms with E-state index in [1.165, 1.54) is 0 Å². The number of hydrogen-bond acceptors (Lipinski definition) is 6. The first kappa shape index (κ1) is 21.8. The molecule has 2 aliphatic rings. The Hall–Kier alpha value is -2.89. The van der Waals surface area contributed by atoms with Crippen LogP contribution >= 0.6 is 0 Å². The Labute approximate surface area is 170 Å². The average Bonchev–Trinajstić information content (AvgIpc) is 3.38. The Bertz CT molecular complexity index is 866. The number of alkyl halides is 3. The SMILES string of the molecule is O=C(O)C(F)(F)F.O=C1CCCN1Cc1nnc2n1CCN(Cc1ccco1)CC2. The van der Waals surface area contributed by atoms with Crippen LogP contribution in [0, 0.1) is 0 Å². The van der Waals surface area contributed by atoms with E-state index in [4.69, 9.17) is 14.3 Å². The van der Waals surface area contributed by atoms with Gasteiger partial charge < -0.3 is 19.0 Å². The summed E-state index contributed by atoms with van der Waals surface area (Å²) < 4.78 is 39.4. The van der Waals surface area contributed by atoms with E-state index in [2.05, 4.69) is 19.7 Å². The molecule has 0 radical (unpaired) electrons. The number of carbonyl (C=O) groups is 2. The molecule has 4 rings (SSSR count). The number of halogens is 3. The highest BCUT2D eigenvalue weighted by molar-refractivity contribution is 5.77. The molecule has 4 heterocycles. The van der Waals surface area contributed by atoms with Crippen LogP contribution in [0.25, 0.3) is 0 Å². The maximum atomic E-state index is 11.8. The van der Waals surface area contributed by atoms with Crippen LogP contribution in [0.15, 0.2) is 22.8 Å². The number of carboxylic acids is 1. The van der Waals surface area contributed by atoms with E-state index in [0.29, 0.717) is 13.0 Å². The number of nitrogens with zero attached hydrogens (tertiary/aromatic N) is 5. The van der Waals surface area contributed by atoms with Gasteiger partial charge in [0.05, 0.1) is 19.4 Å². The van der Waals surface area contributed by atoms with Crippen LogP contribution < -0.4 is 0 Å². The third-order valence-corrected chi connectivity index (χ3v) is 4.90. The van der Waals surface area contributed by atoms with E-state index in [1.54, 1.807) is 6.26 Å². The van der Waals surface area contributed by atoms with Crippen LogP contribution in [0.5, 0.6) is 0 Å². The Morgan fingerprint density at radius 3 is 2.50 bits per heavy atom. The van der Waals surface area contributed by atoms with Gasteiger partial charge in [-0.25, -0.2) is 4.79 Å². The Balaban J connectivity index is 0.000000318. The van der Waals surface area contributed by atoms with Gasteiger partial charge in [-0.3, -0.25) is 9.69 Å². The Kier molecular flexibility index (Phi) is 6.75. The highest BCUT2D eigenvalue weighted by Crippen LogP contribution is 2.17. The van der Waals surface area contributed by atoms with Crippen molar-refractivity contribution < 1.29 is 32.3 Å². The molecule has 0 spiro atoms. The Morgan fingerprint density at radius 1 is 1.13 bits per heavy atom. The van der Waals surface area contributed by atoms with Gasteiger partial charge >= 0.3 is 12.1 Å². The number of aliphatic carboxylic acids is 1. The maximum absolute atomic E-state index is 11.8. The lowest BCUT2D eigenvalue weighted by atomic mass is 10.3. The second-order valence-electron chi connectivity index (χ2n) is 7.01. The summed E-state index contributed by atoms with van der Waals surface area (Å²) in [5.74, 6) is 0.400. The molecule has 1 fully saturated rings. The molecule has 164 valence electrons. The Morgan fingerprint density at radius 2 is 1.90 bits per heavy atom. The van der Waals surface area contributed by atoms with Crippen molar-refractivity contribution in [1.29, 1.82) is 0 Å². The molecule has 0 atom stereocenters. The molecule has 1 saturated heterocycles. The minimum atomic E-state index is -5.08. The number of fused-ring (bicyclic) bond motifs is 1. The lowest BCUT2D eigenvalue weighted by Crippen LogP contribution is -2.28. The molecule has 2 aromatic rings. The number of likely N-dealkylation sites (tertiary alicyclic amines) is 1. The van der Waals surface area contributed by atoms with E-state index >= 15 is 0 Å². The third kappa shape index (κ3) is 5.59. The average molecular weight is 429 g/mol. The fraction of sp³-hybridized carbons (Fsp3) is 0.556. The van der Waals surface area contributed by atoms with Crippen LogP contribution in [-0.4, -0.2) is 67.4 Å². The molecule has 2 aliphatic heterocycles. The number of rotatable bonds is 4. The minimum Gasteiger partial charge on any atom is -0.475 e. The van der Waals surface area contributed by atoms with E-state index < -0.39 is 12.1 Å². The fourth-order valence-corrected chi connectivity index (χ4v) is 3.37. The summed E-state index contributed by atoms with van der Waals surface area (Å²) in [5, 5.41) is 15.8. The van der Waals surface area contributed by atoms with Gasteiger partial charge in [0.2, 0.25) is 5.91 Å². The highest BCUT2D eigenvalue weighted by atomic mass is 19.4. The number of hydrogen-bond donors (Lipinski definition) is 1. The van der Waals surface area contributed by atoms with Gasteiger partial charge in [-0.1, -0.05) is 0 Å². The van der Waals surface area contributed by atoms with Crippen LogP contribution in [0.3, 0.4) is 0 Å². The summed E-state index contributed by atoms with van der Waals surface area (Å²) in [6.07, 6.45) is -0.871. The molecule has 1 amide bonds. The van der Waals surface area contributed by atoms with Crippen molar-refractivity contribution in [3.8, 4) is 0 Å². The van der Waals surface area contributed by atoms with Crippen molar-refractivity contribution >= 4 is 11.9 Å². The molecule has 9 nitrogen and oxygen atoms in total. The van der Waals surface area contributed by atoms with Crippen LogP contribution in [0.2, 0.25) is 0 Å². The zero-order chi connectivity index (χ0) is 21.7. The number of aromatic nitrogens is 3. The number of carboxylic acid groups (broad SMARTS) is 1. The standard InChI is InChI=1S/C16H21N5O2.C2HF3O2/c22-16-4-1-6-20(16)12-15-18-17-14-5-7-19(8-9-21(14)15)11-13-3-2-10-23-13;3-2(4,5)1(6)7/h2-3,10H,1,4-9,11-12H2;(H,6,7). The van der Waals surface area contributed by atoms with Crippen molar-refractivity contribution in [2.75, 3.05) is 19.6 Å². The first-order valence-electron chi connectivity index (χ1n) is 9.47. The van der Waals surface area contributed by atoms with Crippen LogP contribution in [0.1, 0.15) is 30.3 Å². The minimum absolute atomic E-state index is 0.232. The smallest absolute Gasteiger partial charge is 0.475 e. The summed E-state index contributed by atoms with van der Waals surface area (Å²) in [5.41, 5.74) is 0. The lowest BCUT2D eigenvalue weighted by molar-refractivity contribution is -0.192. The van der Waals surface area contributed by atoms with Crippen LogP contribution in [-0.2, 0) is 35.6 Å². The molecule has 0 unspecified atom stereocenters. The summed E-state index contributed by atoms with van der Waals surface area (Å²) in [7, 11) is 0. The second kappa shape index (κ2) is 9.28. The number of carbonyl (C=O) groups excluding carboxylic acids is 1. The zero-order valence-electron chi connectivity index (χ0n) is 16.1. The van der Waals surface area contributed by atoms with E-state index in [0.717, 1.165) is 63.0 Å². The summed E-state index contributed by atoms with van der Waals surface area (Å²) >= 11 is 0. The topological polar surface area (TPSA) is 105 Å². The zero-order valence-corrected chi connectivity index (χ0v) is 16.1. The van der Waals surface area contributed by atoms with Crippen molar-refractivity contribution in [3.05, 3.63) is 35.8 Å². The van der Waals surface area contributed by atoms with Crippen LogP contribution in [0.4, 0.5) is 13.2 Å². The molecule has 2 aromatic heterocycles. The first-order valence-corrected chi connectivity index (χ1v) is 9.47. The molecule has 0 aliphatic carbocycles. The first-order chi connectivity index (χ1) is 14.2. The normalized spacial score (nSPS) is 17.3. The monoisotopic (exact) mass is 429 g/mol. The van der Waals surface area contributed by atoms with Crippen molar-refractivity contribution in [1.82, 2.24) is 24.6 Å². The third-order valence-electron chi connectivity index (χ3n) is 4.90. The predicted molar refractivity (Wildman–Crippen MR) is 96.1 cm³/mol.